The van der Waals surface area contributed by atoms with Gasteiger partial charge in [0.25, 0.3) is 0 Å². The van der Waals surface area contributed by atoms with E-state index in [0.717, 1.165) is 0 Å². The molecule has 76 valence electrons. The fourth-order valence-electron chi connectivity index (χ4n) is 1.18. The van der Waals surface area contributed by atoms with Crippen LogP contribution < -0.4 is 10.6 Å². The van der Waals surface area contributed by atoms with Crippen molar-refractivity contribution in [2.75, 3.05) is 6.54 Å². The predicted octanol–water partition coefficient (Wildman–Crippen LogP) is 1.06. The SMILES string of the molecule is CCNC(=O)NC(C)(C)CC(C)=O. The number of hydrogen-bond acceptors (Lipinski definition) is 2. The Bertz CT molecular complexity index is 200. The highest BCUT2D eigenvalue weighted by Crippen LogP contribution is 2.07. The van der Waals surface area contributed by atoms with E-state index in [0.29, 0.717) is 13.0 Å². The van der Waals surface area contributed by atoms with Gasteiger partial charge in [-0.25, -0.2) is 4.79 Å². The second-order valence-electron chi connectivity index (χ2n) is 3.75. The molecule has 4 nitrogen and oxygen atoms in total. The van der Waals surface area contributed by atoms with Crippen molar-refractivity contribution >= 4 is 11.8 Å². The lowest BCUT2D eigenvalue weighted by atomic mass is 9.99. The minimum Gasteiger partial charge on any atom is -0.338 e. The van der Waals surface area contributed by atoms with Gasteiger partial charge in [0.1, 0.15) is 5.78 Å². The largest absolute Gasteiger partial charge is 0.338 e. The molecule has 0 rings (SSSR count). The normalized spacial score (nSPS) is 10.8. The van der Waals surface area contributed by atoms with Crippen molar-refractivity contribution in [1.29, 1.82) is 0 Å². The van der Waals surface area contributed by atoms with Crippen LogP contribution in [0.4, 0.5) is 4.79 Å². The molecule has 0 aromatic rings. The third kappa shape index (κ3) is 6.13. The quantitative estimate of drug-likeness (QED) is 0.689. The van der Waals surface area contributed by atoms with E-state index in [2.05, 4.69) is 10.6 Å². The summed E-state index contributed by atoms with van der Waals surface area (Å²) in [5.74, 6) is 0.0711. The van der Waals surface area contributed by atoms with Crippen LogP contribution >= 0.6 is 0 Å². The number of amides is 2. The number of ketones is 1. The van der Waals surface area contributed by atoms with Crippen molar-refractivity contribution in [3.63, 3.8) is 0 Å². The van der Waals surface area contributed by atoms with Crippen LogP contribution in [0.2, 0.25) is 0 Å². The first kappa shape index (κ1) is 11.9. The van der Waals surface area contributed by atoms with E-state index in [1.165, 1.54) is 6.92 Å². The molecule has 0 aliphatic carbocycles. The smallest absolute Gasteiger partial charge is 0.315 e. The Morgan fingerprint density at radius 1 is 1.31 bits per heavy atom. The Labute approximate surface area is 79.1 Å². The summed E-state index contributed by atoms with van der Waals surface area (Å²) in [5, 5.41) is 5.33. The first-order chi connectivity index (χ1) is 5.87. The maximum atomic E-state index is 11.1. The summed E-state index contributed by atoms with van der Waals surface area (Å²) in [6.07, 6.45) is 0.351. The van der Waals surface area contributed by atoms with Gasteiger partial charge in [0.15, 0.2) is 0 Å². The molecule has 0 spiro atoms. The van der Waals surface area contributed by atoms with E-state index in [1.54, 1.807) is 0 Å². The molecule has 0 radical (unpaired) electrons. The summed E-state index contributed by atoms with van der Waals surface area (Å²) < 4.78 is 0. The molecule has 0 aliphatic rings. The van der Waals surface area contributed by atoms with E-state index in [9.17, 15) is 9.59 Å². The number of nitrogens with one attached hydrogen (secondary N) is 2. The lowest BCUT2D eigenvalue weighted by molar-refractivity contribution is -0.118. The van der Waals surface area contributed by atoms with Crippen LogP contribution in [0.25, 0.3) is 0 Å². The Hall–Kier alpha value is -1.06. The molecule has 0 bridgehead atoms. The van der Waals surface area contributed by atoms with Crippen molar-refractivity contribution in [3.8, 4) is 0 Å². The number of urea groups is 1. The third-order valence-corrected chi connectivity index (χ3v) is 1.48. The number of rotatable bonds is 4. The fraction of sp³-hybridized carbons (Fsp3) is 0.778. The lowest BCUT2D eigenvalue weighted by Gasteiger charge is -2.24. The number of hydrogen-bond donors (Lipinski definition) is 2. The second kappa shape index (κ2) is 4.84. The monoisotopic (exact) mass is 186 g/mol. The van der Waals surface area contributed by atoms with Crippen LogP contribution in [-0.4, -0.2) is 23.9 Å². The molecule has 0 atom stereocenters. The van der Waals surface area contributed by atoms with Gasteiger partial charge in [0, 0.05) is 18.5 Å². The topological polar surface area (TPSA) is 58.2 Å². The fourth-order valence-corrected chi connectivity index (χ4v) is 1.18. The molecule has 0 saturated carbocycles. The predicted molar refractivity (Wildman–Crippen MR) is 51.6 cm³/mol. The number of Topliss-reactive ketones (excluding diaryl/α,β-unsaturated/α-hetero) is 1. The first-order valence-electron chi connectivity index (χ1n) is 4.43. The molecule has 0 saturated heterocycles. The Morgan fingerprint density at radius 3 is 2.23 bits per heavy atom. The molecular formula is C9H18N2O2. The molecule has 0 heterocycles. The zero-order valence-corrected chi connectivity index (χ0v) is 8.73. The molecular weight excluding hydrogens is 168 g/mol. The Kier molecular flexibility index (Phi) is 4.45. The van der Waals surface area contributed by atoms with Gasteiger partial charge in [-0.05, 0) is 27.7 Å². The molecule has 2 amide bonds. The molecule has 0 aliphatic heterocycles. The molecule has 2 N–H and O–H groups in total. The van der Waals surface area contributed by atoms with Gasteiger partial charge < -0.3 is 10.6 Å². The Balaban J connectivity index is 4.00. The summed E-state index contributed by atoms with van der Waals surface area (Å²) in [6, 6.07) is -0.228. The zero-order chi connectivity index (χ0) is 10.5. The van der Waals surface area contributed by atoms with Gasteiger partial charge in [0.2, 0.25) is 0 Å². The highest BCUT2D eigenvalue weighted by atomic mass is 16.2. The summed E-state index contributed by atoms with van der Waals surface area (Å²) in [7, 11) is 0. The van der Waals surface area contributed by atoms with E-state index in [4.69, 9.17) is 0 Å². The molecule has 4 heteroatoms. The molecule has 0 aromatic heterocycles. The zero-order valence-electron chi connectivity index (χ0n) is 8.73. The highest BCUT2D eigenvalue weighted by Gasteiger charge is 2.21. The van der Waals surface area contributed by atoms with Crippen molar-refractivity contribution < 1.29 is 9.59 Å². The van der Waals surface area contributed by atoms with Crippen molar-refractivity contribution in [2.45, 2.75) is 39.7 Å². The van der Waals surface area contributed by atoms with Crippen LogP contribution in [0, 0.1) is 0 Å². The van der Waals surface area contributed by atoms with Gasteiger partial charge in [-0.2, -0.15) is 0 Å². The van der Waals surface area contributed by atoms with Crippen molar-refractivity contribution in [3.05, 3.63) is 0 Å². The maximum Gasteiger partial charge on any atom is 0.315 e. The van der Waals surface area contributed by atoms with Gasteiger partial charge in [-0.3, -0.25) is 4.79 Å². The van der Waals surface area contributed by atoms with Crippen LogP contribution in [0.1, 0.15) is 34.1 Å². The van der Waals surface area contributed by atoms with Gasteiger partial charge >= 0.3 is 6.03 Å². The van der Waals surface area contributed by atoms with Crippen LogP contribution in [0.15, 0.2) is 0 Å². The van der Waals surface area contributed by atoms with Crippen LogP contribution in [-0.2, 0) is 4.79 Å². The van der Waals surface area contributed by atoms with Gasteiger partial charge in [0.05, 0.1) is 0 Å². The number of carbonyl (C=O) groups excluding carboxylic acids is 2. The number of carbonyl (C=O) groups is 2. The van der Waals surface area contributed by atoms with E-state index >= 15 is 0 Å². The lowest BCUT2D eigenvalue weighted by Crippen LogP contribution is -2.49. The minimum absolute atomic E-state index is 0.0711. The average Bonchev–Trinajstić information content (AvgIpc) is 1.81. The second-order valence-corrected chi connectivity index (χ2v) is 3.75. The van der Waals surface area contributed by atoms with Crippen LogP contribution in [0.5, 0.6) is 0 Å². The van der Waals surface area contributed by atoms with Crippen molar-refractivity contribution in [2.24, 2.45) is 0 Å². The Morgan fingerprint density at radius 2 is 1.85 bits per heavy atom. The first-order valence-corrected chi connectivity index (χ1v) is 4.43. The molecule has 0 unspecified atom stereocenters. The average molecular weight is 186 g/mol. The van der Waals surface area contributed by atoms with Gasteiger partial charge in [-0.15, -0.1) is 0 Å². The molecule has 13 heavy (non-hydrogen) atoms. The molecule has 0 aromatic carbocycles. The highest BCUT2D eigenvalue weighted by molar-refractivity contribution is 5.79. The van der Waals surface area contributed by atoms with Crippen molar-refractivity contribution in [1.82, 2.24) is 10.6 Å². The van der Waals surface area contributed by atoms with Gasteiger partial charge in [-0.1, -0.05) is 0 Å². The van der Waals surface area contributed by atoms with E-state index in [1.807, 2.05) is 20.8 Å². The van der Waals surface area contributed by atoms with E-state index in [-0.39, 0.29) is 11.8 Å². The summed E-state index contributed by atoms with van der Waals surface area (Å²) in [6.45, 7) is 7.59. The summed E-state index contributed by atoms with van der Waals surface area (Å²) in [5.41, 5.74) is -0.467. The third-order valence-electron chi connectivity index (χ3n) is 1.48. The minimum atomic E-state index is -0.467. The maximum absolute atomic E-state index is 11.1. The van der Waals surface area contributed by atoms with E-state index < -0.39 is 5.54 Å². The molecule has 0 fully saturated rings. The summed E-state index contributed by atoms with van der Waals surface area (Å²) in [4.78, 5) is 21.9. The van der Waals surface area contributed by atoms with Crippen LogP contribution in [0.3, 0.4) is 0 Å². The summed E-state index contributed by atoms with van der Waals surface area (Å²) >= 11 is 0. The standard InChI is InChI=1S/C9H18N2O2/c1-5-10-8(13)11-9(3,4)6-7(2)12/h5-6H2,1-4H3,(H2,10,11,13).